The van der Waals surface area contributed by atoms with Gasteiger partial charge in [-0.15, -0.1) is 0 Å². The molecule has 1 fully saturated rings. The van der Waals surface area contributed by atoms with Crippen LogP contribution in [0.4, 0.5) is 0 Å². The number of nitrogens with zero attached hydrogens (tertiary/aromatic N) is 3. The molecule has 0 spiro atoms. The molecule has 1 saturated heterocycles. The van der Waals surface area contributed by atoms with E-state index in [1.807, 2.05) is 37.1 Å². The van der Waals surface area contributed by atoms with Gasteiger partial charge in [0, 0.05) is 32.3 Å². The van der Waals surface area contributed by atoms with Crippen LogP contribution in [-0.4, -0.2) is 40.2 Å². The van der Waals surface area contributed by atoms with Crippen molar-refractivity contribution in [3.05, 3.63) is 53.3 Å². The Labute approximate surface area is 130 Å². The summed E-state index contributed by atoms with van der Waals surface area (Å²) in [7, 11) is 1.84. The van der Waals surface area contributed by atoms with Crippen LogP contribution in [-0.2, 0) is 7.05 Å². The van der Waals surface area contributed by atoms with E-state index in [0.717, 1.165) is 12.2 Å². The monoisotopic (exact) mass is 298 g/mol. The average Bonchev–Trinajstić information content (AvgIpc) is 3.10. The molecule has 0 unspecified atom stereocenters. The maximum Gasteiger partial charge on any atom is 0.257 e. The Kier molecular flexibility index (Phi) is 3.98. The summed E-state index contributed by atoms with van der Waals surface area (Å²) in [6.07, 6.45) is 1.80. The molecule has 1 aliphatic heterocycles. The molecule has 2 atom stereocenters. The highest BCUT2D eigenvalue weighted by Crippen LogP contribution is 2.32. The quantitative estimate of drug-likeness (QED) is 0.935. The summed E-state index contributed by atoms with van der Waals surface area (Å²) in [6, 6.07) is 10.3. The fraction of sp³-hybridized carbons (Fsp3) is 0.412. The molecule has 3 rings (SSSR count). The largest absolute Gasteiger partial charge is 0.338 e. The van der Waals surface area contributed by atoms with Crippen LogP contribution in [0.2, 0.25) is 0 Å². The summed E-state index contributed by atoms with van der Waals surface area (Å²) in [6.45, 7) is 3.90. The number of hydrogen-bond donors (Lipinski definition) is 1. The molecule has 2 aromatic rings. The number of rotatable bonds is 3. The molecule has 1 aromatic heterocycles. The zero-order valence-corrected chi connectivity index (χ0v) is 13.1. The molecule has 0 bridgehead atoms. The highest BCUT2D eigenvalue weighted by molar-refractivity contribution is 5.95. The van der Waals surface area contributed by atoms with E-state index in [0.29, 0.717) is 30.5 Å². The lowest BCUT2D eigenvalue weighted by atomic mass is 9.89. The van der Waals surface area contributed by atoms with Crippen LogP contribution in [0.3, 0.4) is 0 Å². The number of likely N-dealkylation sites (tertiary alicyclic amines) is 1. The summed E-state index contributed by atoms with van der Waals surface area (Å²) in [5.41, 5.74) is 8.67. The molecule has 1 amide bonds. The van der Waals surface area contributed by atoms with Gasteiger partial charge in [0.15, 0.2) is 0 Å². The third-order valence-corrected chi connectivity index (χ3v) is 4.50. The second kappa shape index (κ2) is 5.93. The maximum absolute atomic E-state index is 12.8. The van der Waals surface area contributed by atoms with Gasteiger partial charge in [-0.3, -0.25) is 9.48 Å². The van der Waals surface area contributed by atoms with Crippen molar-refractivity contribution in [3.8, 4) is 0 Å². The maximum atomic E-state index is 12.8. The number of benzene rings is 1. The van der Waals surface area contributed by atoms with Gasteiger partial charge in [-0.25, -0.2) is 0 Å². The van der Waals surface area contributed by atoms with Gasteiger partial charge < -0.3 is 10.6 Å². The summed E-state index contributed by atoms with van der Waals surface area (Å²) in [5.74, 6) is 0.679. The topological polar surface area (TPSA) is 64.2 Å². The Balaban J connectivity index is 1.82. The average molecular weight is 298 g/mol. The lowest BCUT2D eigenvalue weighted by Crippen LogP contribution is -2.30. The molecular weight excluding hydrogens is 276 g/mol. The predicted octanol–water partition coefficient (Wildman–Crippen LogP) is 1.54. The first-order valence-electron chi connectivity index (χ1n) is 7.64. The van der Waals surface area contributed by atoms with Crippen molar-refractivity contribution in [1.29, 1.82) is 0 Å². The van der Waals surface area contributed by atoms with Crippen molar-refractivity contribution in [2.75, 3.05) is 19.6 Å². The minimum atomic E-state index is 0.0579. The number of carbonyl (C=O) groups is 1. The SMILES string of the molecule is Cc1nn(C)cc1C(=O)N1C[C@@H](CN)[C@H](c2ccccc2)C1. The van der Waals surface area contributed by atoms with Crippen molar-refractivity contribution in [1.82, 2.24) is 14.7 Å². The van der Waals surface area contributed by atoms with E-state index in [9.17, 15) is 4.79 Å². The number of hydrogen-bond acceptors (Lipinski definition) is 3. The van der Waals surface area contributed by atoms with Crippen molar-refractivity contribution < 1.29 is 4.79 Å². The molecule has 5 nitrogen and oxygen atoms in total. The number of carbonyl (C=O) groups excluding carboxylic acids is 1. The van der Waals surface area contributed by atoms with E-state index >= 15 is 0 Å². The first-order valence-corrected chi connectivity index (χ1v) is 7.64. The molecule has 5 heteroatoms. The Hall–Kier alpha value is -2.14. The van der Waals surface area contributed by atoms with Crippen LogP contribution in [0.5, 0.6) is 0 Å². The Morgan fingerprint density at radius 3 is 2.64 bits per heavy atom. The standard InChI is InChI=1S/C17H22N4O/c1-12-15(10-20(2)19-12)17(22)21-9-14(8-18)16(11-21)13-6-4-3-5-7-13/h3-7,10,14,16H,8-9,11,18H2,1-2H3/t14-,16+/m1/s1. The first kappa shape index (κ1) is 14.8. The molecule has 1 aliphatic rings. The van der Waals surface area contributed by atoms with Gasteiger partial charge in [-0.05, 0) is 24.9 Å². The second-order valence-corrected chi connectivity index (χ2v) is 6.02. The first-order chi connectivity index (χ1) is 10.6. The highest BCUT2D eigenvalue weighted by atomic mass is 16.2. The van der Waals surface area contributed by atoms with Crippen LogP contribution in [0.15, 0.2) is 36.5 Å². The van der Waals surface area contributed by atoms with Crippen LogP contribution < -0.4 is 5.73 Å². The Bertz CT molecular complexity index is 665. The van der Waals surface area contributed by atoms with Gasteiger partial charge >= 0.3 is 0 Å². The Morgan fingerprint density at radius 2 is 2.05 bits per heavy atom. The molecule has 0 aliphatic carbocycles. The van der Waals surface area contributed by atoms with E-state index in [1.165, 1.54) is 5.56 Å². The smallest absolute Gasteiger partial charge is 0.257 e. The highest BCUT2D eigenvalue weighted by Gasteiger charge is 2.36. The third-order valence-electron chi connectivity index (χ3n) is 4.50. The van der Waals surface area contributed by atoms with E-state index in [2.05, 4.69) is 17.2 Å². The number of nitrogens with two attached hydrogens (primary N) is 1. The van der Waals surface area contributed by atoms with Crippen LogP contribution in [0.1, 0.15) is 27.5 Å². The van der Waals surface area contributed by atoms with Crippen molar-refractivity contribution in [2.24, 2.45) is 18.7 Å². The molecule has 22 heavy (non-hydrogen) atoms. The van der Waals surface area contributed by atoms with Gasteiger partial charge in [0.05, 0.1) is 11.3 Å². The van der Waals surface area contributed by atoms with Gasteiger partial charge in [0.1, 0.15) is 0 Å². The zero-order chi connectivity index (χ0) is 15.7. The second-order valence-electron chi connectivity index (χ2n) is 6.02. The summed E-state index contributed by atoms with van der Waals surface area (Å²) >= 11 is 0. The predicted molar refractivity (Wildman–Crippen MR) is 85.6 cm³/mol. The van der Waals surface area contributed by atoms with Crippen LogP contribution >= 0.6 is 0 Å². The van der Waals surface area contributed by atoms with Crippen LogP contribution in [0, 0.1) is 12.8 Å². The van der Waals surface area contributed by atoms with Gasteiger partial charge in [-0.2, -0.15) is 5.10 Å². The molecule has 0 saturated carbocycles. The number of aryl methyl sites for hydroxylation is 2. The number of aromatic nitrogens is 2. The van der Waals surface area contributed by atoms with Crippen LogP contribution in [0.25, 0.3) is 0 Å². The van der Waals surface area contributed by atoms with Crippen molar-refractivity contribution in [3.63, 3.8) is 0 Å². The Morgan fingerprint density at radius 1 is 1.32 bits per heavy atom. The van der Waals surface area contributed by atoms with E-state index < -0.39 is 0 Å². The summed E-state index contributed by atoms with van der Waals surface area (Å²) in [4.78, 5) is 14.7. The molecular formula is C17H22N4O. The van der Waals surface area contributed by atoms with Crippen molar-refractivity contribution >= 4 is 5.91 Å². The molecule has 1 aromatic carbocycles. The lowest BCUT2D eigenvalue weighted by molar-refractivity contribution is 0.0785. The minimum absolute atomic E-state index is 0.0579. The van der Waals surface area contributed by atoms with E-state index in [4.69, 9.17) is 5.73 Å². The lowest BCUT2D eigenvalue weighted by Gasteiger charge is -2.16. The third kappa shape index (κ3) is 2.64. The summed E-state index contributed by atoms with van der Waals surface area (Å²) in [5, 5.41) is 4.26. The van der Waals surface area contributed by atoms with E-state index in [1.54, 1.807) is 10.9 Å². The van der Waals surface area contributed by atoms with Crippen molar-refractivity contribution in [2.45, 2.75) is 12.8 Å². The normalized spacial score (nSPS) is 21.3. The molecule has 2 heterocycles. The van der Waals surface area contributed by atoms with Gasteiger partial charge in [0.25, 0.3) is 5.91 Å². The van der Waals surface area contributed by atoms with Gasteiger partial charge in [-0.1, -0.05) is 30.3 Å². The summed E-state index contributed by atoms with van der Waals surface area (Å²) < 4.78 is 1.69. The van der Waals surface area contributed by atoms with E-state index in [-0.39, 0.29) is 5.91 Å². The molecule has 0 radical (unpaired) electrons. The fourth-order valence-electron chi connectivity index (χ4n) is 3.33. The number of amides is 1. The molecule has 116 valence electrons. The van der Waals surface area contributed by atoms with Gasteiger partial charge in [0.2, 0.25) is 0 Å². The molecule has 2 N–H and O–H groups in total. The minimum Gasteiger partial charge on any atom is -0.338 e. The zero-order valence-electron chi connectivity index (χ0n) is 13.1. The fourth-order valence-corrected chi connectivity index (χ4v) is 3.33.